The Kier molecular flexibility index (Phi) is 4.06. The fraction of sp³-hybridized carbons (Fsp3) is 0.409. The lowest BCUT2D eigenvalue weighted by molar-refractivity contribution is -0.121. The summed E-state index contributed by atoms with van der Waals surface area (Å²) in [4.78, 5) is 41.8. The van der Waals surface area contributed by atoms with Crippen molar-refractivity contribution in [1.82, 2.24) is 24.4 Å². The molecule has 0 atom stereocenters. The van der Waals surface area contributed by atoms with Crippen molar-refractivity contribution in [2.24, 2.45) is 7.05 Å². The van der Waals surface area contributed by atoms with Crippen molar-refractivity contribution in [2.45, 2.75) is 24.2 Å². The van der Waals surface area contributed by atoms with Gasteiger partial charge in [-0.2, -0.15) is 0 Å². The van der Waals surface area contributed by atoms with Crippen molar-refractivity contribution < 1.29 is 18.4 Å². The van der Waals surface area contributed by atoms with E-state index in [0.29, 0.717) is 42.9 Å². The highest BCUT2D eigenvalue weighted by molar-refractivity contribution is 6.06. The Balaban J connectivity index is 1.29. The molecule has 3 aromatic rings. The van der Waals surface area contributed by atoms with E-state index in [1.807, 2.05) is 29.2 Å². The molecule has 11 heteroatoms. The SMILES string of the molecule is Cn1c(C(=O)N2CC(F)(F)C2)nc2c(N3CCC4(CC3)C(=O)Nc3ccccc34)ncnc21. The van der Waals surface area contributed by atoms with Crippen LogP contribution < -0.4 is 10.2 Å². The van der Waals surface area contributed by atoms with Crippen LogP contribution in [0.4, 0.5) is 20.3 Å². The van der Waals surface area contributed by atoms with Gasteiger partial charge < -0.3 is 19.7 Å². The van der Waals surface area contributed by atoms with Crippen LogP contribution in [0.25, 0.3) is 11.2 Å². The van der Waals surface area contributed by atoms with E-state index in [1.165, 1.54) is 10.9 Å². The number of halogens is 2. The molecule has 2 aromatic heterocycles. The number of para-hydroxylation sites is 1. The first kappa shape index (κ1) is 20.0. The predicted molar refractivity (Wildman–Crippen MR) is 115 cm³/mol. The summed E-state index contributed by atoms with van der Waals surface area (Å²) < 4.78 is 28.0. The number of nitrogens with zero attached hydrogens (tertiary/aromatic N) is 6. The number of aromatic nitrogens is 4. The molecule has 3 aliphatic heterocycles. The number of carbonyl (C=O) groups excluding carboxylic acids is 2. The fourth-order valence-electron chi connectivity index (χ4n) is 5.18. The Morgan fingerprint density at radius 2 is 1.85 bits per heavy atom. The Bertz CT molecular complexity index is 1310. The maximum Gasteiger partial charge on any atom is 0.290 e. The minimum Gasteiger partial charge on any atom is -0.355 e. The zero-order valence-electron chi connectivity index (χ0n) is 17.9. The maximum atomic E-state index is 13.2. The standard InChI is InChI=1S/C22H21F2N7O2/c1-29-16-15(28-18(29)19(32)31-10-22(23,24)11-31)17(26-12-25-16)30-8-6-21(7-9-30)13-4-2-3-5-14(13)27-20(21)33/h2-5,12H,6-11H2,1H3,(H,27,33). The van der Waals surface area contributed by atoms with Gasteiger partial charge in [-0.05, 0) is 24.5 Å². The van der Waals surface area contributed by atoms with E-state index in [0.717, 1.165) is 16.2 Å². The summed E-state index contributed by atoms with van der Waals surface area (Å²) in [7, 11) is 1.64. The highest BCUT2D eigenvalue weighted by Gasteiger charge is 2.49. The van der Waals surface area contributed by atoms with Gasteiger partial charge in [0.1, 0.15) is 6.33 Å². The van der Waals surface area contributed by atoms with Crippen LogP contribution in [-0.4, -0.2) is 68.3 Å². The van der Waals surface area contributed by atoms with E-state index < -0.39 is 30.3 Å². The number of aryl methyl sites for hydroxylation is 1. The number of fused-ring (bicyclic) bond motifs is 3. The number of alkyl halides is 2. The zero-order valence-corrected chi connectivity index (χ0v) is 17.9. The van der Waals surface area contributed by atoms with E-state index in [-0.39, 0.29) is 11.7 Å². The largest absolute Gasteiger partial charge is 0.355 e. The summed E-state index contributed by atoms with van der Waals surface area (Å²) in [6, 6.07) is 7.78. The molecule has 5 heterocycles. The number of anilines is 2. The molecule has 1 spiro atoms. The fourth-order valence-corrected chi connectivity index (χ4v) is 5.18. The minimum atomic E-state index is -2.85. The summed E-state index contributed by atoms with van der Waals surface area (Å²) in [5.74, 6) is -2.75. The number of carbonyl (C=O) groups is 2. The lowest BCUT2D eigenvalue weighted by atomic mass is 9.73. The molecule has 0 radical (unpaired) electrons. The van der Waals surface area contributed by atoms with Gasteiger partial charge in [0.05, 0.1) is 18.5 Å². The summed E-state index contributed by atoms with van der Waals surface area (Å²) in [6.07, 6.45) is 2.64. The number of rotatable bonds is 2. The lowest BCUT2D eigenvalue weighted by Gasteiger charge is -2.38. The van der Waals surface area contributed by atoms with Crippen LogP contribution in [0.3, 0.4) is 0 Å². The Hall–Kier alpha value is -3.63. The molecule has 170 valence electrons. The van der Waals surface area contributed by atoms with Crippen LogP contribution in [-0.2, 0) is 17.3 Å². The second kappa shape index (κ2) is 6.69. The van der Waals surface area contributed by atoms with Crippen molar-refractivity contribution in [2.75, 3.05) is 36.4 Å². The first-order chi connectivity index (χ1) is 15.8. The van der Waals surface area contributed by atoms with Gasteiger partial charge in [-0.15, -0.1) is 0 Å². The Morgan fingerprint density at radius 3 is 2.58 bits per heavy atom. The number of benzene rings is 1. The van der Waals surface area contributed by atoms with Crippen molar-refractivity contribution >= 4 is 34.5 Å². The van der Waals surface area contributed by atoms with Gasteiger partial charge in [-0.3, -0.25) is 9.59 Å². The molecule has 1 aromatic carbocycles. The molecule has 2 amide bonds. The summed E-state index contributed by atoms with van der Waals surface area (Å²) >= 11 is 0. The van der Waals surface area contributed by atoms with Gasteiger partial charge in [-0.1, -0.05) is 18.2 Å². The topological polar surface area (TPSA) is 96.2 Å². The van der Waals surface area contributed by atoms with Gasteiger partial charge in [0.2, 0.25) is 11.7 Å². The second-order valence-corrected chi connectivity index (χ2v) is 8.95. The van der Waals surface area contributed by atoms with Gasteiger partial charge in [0.15, 0.2) is 17.0 Å². The monoisotopic (exact) mass is 453 g/mol. The highest BCUT2D eigenvalue weighted by Crippen LogP contribution is 2.45. The molecule has 0 bridgehead atoms. The van der Waals surface area contributed by atoms with E-state index in [4.69, 9.17) is 0 Å². The number of amides is 2. The molecular formula is C22H21F2N7O2. The van der Waals surface area contributed by atoms with Crippen LogP contribution in [0, 0.1) is 0 Å². The molecular weight excluding hydrogens is 432 g/mol. The third kappa shape index (κ3) is 2.84. The van der Waals surface area contributed by atoms with E-state index in [2.05, 4.69) is 20.3 Å². The van der Waals surface area contributed by atoms with E-state index >= 15 is 0 Å². The molecule has 9 nitrogen and oxygen atoms in total. The van der Waals surface area contributed by atoms with Crippen LogP contribution >= 0.6 is 0 Å². The van der Waals surface area contributed by atoms with Crippen LogP contribution in [0.15, 0.2) is 30.6 Å². The third-order valence-corrected chi connectivity index (χ3v) is 7.00. The molecule has 3 aliphatic rings. The average molecular weight is 453 g/mol. The van der Waals surface area contributed by atoms with Crippen molar-refractivity contribution in [1.29, 1.82) is 0 Å². The predicted octanol–water partition coefficient (Wildman–Crippen LogP) is 1.94. The van der Waals surface area contributed by atoms with Crippen LogP contribution in [0.1, 0.15) is 29.0 Å². The lowest BCUT2D eigenvalue weighted by Crippen LogP contribution is -2.58. The third-order valence-electron chi connectivity index (χ3n) is 7.00. The van der Waals surface area contributed by atoms with Gasteiger partial charge in [0, 0.05) is 25.8 Å². The minimum absolute atomic E-state index is 0.0215. The van der Waals surface area contributed by atoms with Crippen LogP contribution in [0.2, 0.25) is 0 Å². The smallest absolute Gasteiger partial charge is 0.290 e. The number of nitrogens with one attached hydrogen (secondary N) is 1. The normalized spacial score (nSPS) is 20.6. The summed E-state index contributed by atoms with van der Waals surface area (Å²) in [5, 5.41) is 3.00. The molecule has 2 saturated heterocycles. The number of likely N-dealkylation sites (tertiary alicyclic amines) is 1. The first-order valence-electron chi connectivity index (χ1n) is 10.8. The van der Waals surface area contributed by atoms with Gasteiger partial charge in [-0.25, -0.2) is 23.7 Å². The molecule has 6 rings (SSSR count). The summed E-state index contributed by atoms with van der Waals surface area (Å²) in [5.41, 5.74) is 2.24. The Labute approximate surface area is 187 Å². The number of hydrogen-bond donors (Lipinski definition) is 1. The molecule has 0 unspecified atom stereocenters. The maximum absolute atomic E-state index is 13.2. The molecule has 0 saturated carbocycles. The highest BCUT2D eigenvalue weighted by atomic mass is 19.3. The Morgan fingerprint density at radius 1 is 1.12 bits per heavy atom. The second-order valence-electron chi connectivity index (χ2n) is 8.95. The quantitative estimate of drug-likeness (QED) is 0.637. The van der Waals surface area contributed by atoms with Crippen molar-refractivity contribution in [3.63, 3.8) is 0 Å². The molecule has 2 fully saturated rings. The molecule has 0 aliphatic carbocycles. The van der Waals surface area contributed by atoms with Crippen molar-refractivity contribution in [3.8, 4) is 0 Å². The van der Waals surface area contributed by atoms with E-state index in [1.54, 1.807) is 7.05 Å². The van der Waals surface area contributed by atoms with Gasteiger partial charge in [0.25, 0.3) is 11.8 Å². The van der Waals surface area contributed by atoms with E-state index in [9.17, 15) is 18.4 Å². The zero-order chi connectivity index (χ0) is 23.0. The number of hydrogen-bond acceptors (Lipinski definition) is 6. The van der Waals surface area contributed by atoms with Crippen LogP contribution in [0.5, 0.6) is 0 Å². The number of imidazole rings is 1. The van der Waals surface area contributed by atoms with Crippen molar-refractivity contribution in [3.05, 3.63) is 42.0 Å². The first-order valence-corrected chi connectivity index (χ1v) is 10.8. The number of piperidine rings is 1. The summed E-state index contributed by atoms with van der Waals surface area (Å²) in [6.45, 7) is -0.0607. The average Bonchev–Trinajstić information content (AvgIpc) is 3.27. The molecule has 33 heavy (non-hydrogen) atoms. The molecule has 1 N–H and O–H groups in total. The van der Waals surface area contributed by atoms with Gasteiger partial charge >= 0.3 is 0 Å².